The lowest BCUT2D eigenvalue weighted by molar-refractivity contribution is -0.384. The Morgan fingerprint density at radius 2 is 2.05 bits per heavy atom. The lowest BCUT2D eigenvalue weighted by Crippen LogP contribution is -2.36. The fraction of sp³-hybridized carbons (Fsp3) is 0.400. The van der Waals surface area contributed by atoms with Gasteiger partial charge in [-0.05, 0) is 6.07 Å². The van der Waals surface area contributed by atoms with E-state index in [0.29, 0.717) is 32.0 Å². The lowest BCUT2D eigenvalue weighted by Gasteiger charge is -2.30. The Balaban J connectivity index is 2.34. The molecule has 0 N–H and O–H groups in total. The second-order valence-corrected chi connectivity index (χ2v) is 4.37. The summed E-state index contributed by atoms with van der Waals surface area (Å²) in [5.74, 6) is -0.0515. The zero-order valence-corrected chi connectivity index (χ0v) is 10.6. The first kappa shape index (κ1) is 13.7. The molecule has 0 aromatic heterocycles. The van der Waals surface area contributed by atoms with Crippen LogP contribution in [0, 0.1) is 10.1 Å². The van der Waals surface area contributed by atoms with Gasteiger partial charge in [0, 0.05) is 19.2 Å². The molecule has 1 saturated heterocycles. The highest BCUT2D eigenvalue weighted by Gasteiger charge is 2.19. The van der Waals surface area contributed by atoms with Crippen molar-refractivity contribution in [2.45, 2.75) is 0 Å². The zero-order chi connectivity index (χ0) is 13.8. The number of anilines is 1. The Labute approximate surface area is 111 Å². The van der Waals surface area contributed by atoms with Gasteiger partial charge in [0.2, 0.25) is 0 Å². The minimum absolute atomic E-state index is 0.0515. The van der Waals surface area contributed by atoms with Gasteiger partial charge in [-0.1, -0.05) is 0 Å². The van der Waals surface area contributed by atoms with Crippen LogP contribution in [0.25, 0.3) is 0 Å². The molecule has 1 aliphatic rings. The number of rotatable bonds is 4. The van der Waals surface area contributed by atoms with Gasteiger partial charge in [-0.25, -0.2) is 4.21 Å². The molecule has 0 amide bonds. The van der Waals surface area contributed by atoms with Crippen molar-refractivity contribution in [3.8, 4) is 5.75 Å². The maximum Gasteiger partial charge on any atom is 0.273 e. The van der Waals surface area contributed by atoms with Crippen LogP contribution >= 0.6 is 0 Å². The van der Waals surface area contributed by atoms with Gasteiger partial charge in [0.25, 0.3) is 5.69 Å². The zero-order valence-electron chi connectivity index (χ0n) is 9.81. The summed E-state index contributed by atoms with van der Waals surface area (Å²) >= 11 is -2.78. The fourth-order valence-electron chi connectivity index (χ4n) is 1.82. The van der Waals surface area contributed by atoms with E-state index in [1.54, 1.807) is 0 Å². The van der Waals surface area contributed by atoms with Crippen LogP contribution in [-0.2, 0) is 16.1 Å². The van der Waals surface area contributed by atoms with Crippen molar-refractivity contribution in [2.75, 3.05) is 31.2 Å². The third-order valence-corrected chi connectivity index (χ3v) is 2.98. The molecule has 0 spiro atoms. The van der Waals surface area contributed by atoms with Crippen LogP contribution in [0.4, 0.5) is 11.4 Å². The molecule has 1 aromatic carbocycles. The highest BCUT2D eigenvalue weighted by Crippen LogP contribution is 2.33. The Hall–Kier alpha value is -1.71. The van der Waals surface area contributed by atoms with Gasteiger partial charge >= 0.3 is 0 Å². The monoisotopic (exact) mass is 287 g/mol. The number of ether oxygens (including phenoxy) is 1. The summed E-state index contributed by atoms with van der Waals surface area (Å²) in [6.07, 6.45) is 0. The standard InChI is InChI=1S/C10H12N2O6S/c13-12(14)8-1-2-9(10(7-8)18-19(15)16)11-3-5-17-6-4-11/h1-2,7H,3-6H2,(H,15,16)/p-1. The molecule has 0 aliphatic carbocycles. The summed E-state index contributed by atoms with van der Waals surface area (Å²) < 4.78 is 31.1. The predicted molar refractivity (Wildman–Crippen MR) is 65.7 cm³/mol. The van der Waals surface area contributed by atoms with Gasteiger partial charge in [0.1, 0.15) is 11.4 Å². The van der Waals surface area contributed by atoms with Gasteiger partial charge in [-0.15, -0.1) is 0 Å². The molecule has 8 nitrogen and oxygen atoms in total. The van der Waals surface area contributed by atoms with Crippen LogP contribution in [0.1, 0.15) is 0 Å². The molecule has 1 unspecified atom stereocenters. The van der Waals surface area contributed by atoms with Crippen LogP contribution in [-0.4, -0.2) is 40.0 Å². The number of nitro groups is 1. The SMILES string of the molecule is O=[N+]([O-])c1ccc(N2CCOCC2)c(OS(=O)[O-])c1. The van der Waals surface area contributed by atoms with Crippen molar-refractivity contribution in [2.24, 2.45) is 0 Å². The highest BCUT2D eigenvalue weighted by molar-refractivity contribution is 7.74. The van der Waals surface area contributed by atoms with Crippen LogP contribution in [0.2, 0.25) is 0 Å². The molecule has 1 fully saturated rings. The number of nitro benzene ring substituents is 1. The Kier molecular flexibility index (Phi) is 4.30. The third-order valence-electron chi connectivity index (χ3n) is 2.66. The summed E-state index contributed by atoms with van der Waals surface area (Å²) in [5.41, 5.74) is 0.274. The van der Waals surface area contributed by atoms with E-state index in [1.807, 2.05) is 4.90 Å². The van der Waals surface area contributed by atoms with Gasteiger partial charge in [0.05, 0.1) is 29.9 Å². The number of benzene rings is 1. The topological polar surface area (TPSA) is 105 Å². The molecular weight excluding hydrogens is 276 g/mol. The van der Waals surface area contributed by atoms with Crippen molar-refractivity contribution in [1.29, 1.82) is 0 Å². The van der Waals surface area contributed by atoms with E-state index in [4.69, 9.17) is 4.74 Å². The van der Waals surface area contributed by atoms with Gasteiger partial charge in [0.15, 0.2) is 5.75 Å². The fourth-order valence-corrected chi connectivity index (χ4v) is 2.10. The Morgan fingerprint density at radius 1 is 1.37 bits per heavy atom. The molecule has 9 heteroatoms. The van der Waals surface area contributed by atoms with E-state index in [-0.39, 0.29) is 11.4 Å². The van der Waals surface area contributed by atoms with Crippen molar-refractivity contribution in [1.82, 2.24) is 0 Å². The predicted octanol–water partition coefficient (Wildman–Crippen LogP) is 0.604. The first-order chi connectivity index (χ1) is 9.08. The average molecular weight is 287 g/mol. The molecular formula is C10H11N2O6S-. The quantitative estimate of drug-likeness (QED) is 0.453. The minimum Gasteiger partial charge on any atom is -0.740 e. The number of hydrogen-bond acceptors (Lipinski definition) is 7. The second kappa shape index (κ2) is 5.95. The van der Waals surface area contributed by atoms with E-state index >= 15 is 0 Å². The van der Waals surface area contributed by atoms with Crippen molar-refractivity contribution >= 4 is 22.7 Å². The highest BCUT2D eigenvalue weighted by atomic mass is 32.2. The van der Waals surface area contributed by atoms with Crippen LogP contribution in [0.3, 0.4) is 0 Å². The van der Waals surface area contributed by atoms with Gasteiger partial charge < -0.3 is 18.4 Å². The van der Waals surface area contributed by atoms with Crippen LogP contribution in [0.15, 0.2) is 18.2 Å². The summed E-state index contributed by atoms with van der Waals surface area (Å²) in [6.45, 7) is 2.16. The maximum absolute atomic E-state index is 10.7. The van der Waals surface area contributed by atoms with E-state index in [9.17, 15) is 18.9 Å². The smallest absolute Gasteiger partial charge is 0.273 e. The number of nitrogens with zero attached hydrogens (tertiary/aromatic N) is 2. The van der Waals surface area contributed by atoms with Gasteiger partial charge in [-0.2, -0.15) is 0 Å². The molecule has 1 aliphatic heterocycles. The van der Waals surface area contributed by atoms with Crippen molar-refractivity contribution in [3.63, 3.8) is 0 Å². The Bertz CT molecular complexity index is 503. The number of non-ortho nitro benzene ring substituents is 1. The first-order valence-corrected chi connectivity index (χ1v) is 6.46. The molecule has 1 atom stereocenters. The van der Waals surface area contributed by atoms with E-state index in [0.717, 1.165) is 6.07 Å². The molecule has 1 heterocycles. The molecule has 1 aromatic rings. The second-order valence-electron chi connectivity index (χ2n) is 3.80. The molecule has 0 radical (unpaired) electrons. The largest absolute Gasteiger partial charge is 0.740 e. The lowest BCUT2D eigenvalue weighted by atomic mass is 10.2. The van der Waals surface area contributed by atoms with E-state index in [1.165, 1.54) is 12.1 Å². The molecule has 19 heavy (non-hydrogen) atoms. The van der Waals surface area contributed by atoms with Gasteiger partial charge in [-0.3, -0.25) is 10.1 Å². The van der Waals surface area contributed by atoms with Crippen LogP contribution in [0.5, 0.6) is 5.75 Å². The molecule has 2 rings (SSSR count). The van der Waals surface area contributed by atoms with Crippen molar-refractivity contribution < 1.29 is 22.6 Å². The first-order valence-electron chi connectivity index (χ1n) is 5.46. The molecule has 104 valence electrons. The Morgan fingerprint density at radius 3 is 2.63 bits per heavy atom. The summed E-state index contributed by atoms with van der Waals surface area (Å²) in [6, 6.07) is 3.89. The van der Waals surface area contributed by atoms with Crippen LogP contribution < -0.4 is 9.08 Å². The normalized spacial score (nSPS) is 17.0. The summed E-state index contributed by atoms with van der Waals surface area (Å²) in [7, 11) is 0. The maximum atomic E-state index is 10.7. The number of hydrogen-bond donors (Lipinski definition) is 0. The van der Waals surface area contributed by atoms with Crippen molar-refractivity contribution in [3.05, 3.63) is 28.3 Å². The molecule has 0 saturated carbocycles. The average Bonchev–Trinajstić information content (AvgIpc) is 2.39. The van der Waals surface area contributed by atoms with E-state index < -0.39 is 16.3 Å². The third kappa shape index (κ3) is 3.40. The van der Waals surface area contributed by atoms with E-state index in [2.05, 4.69) is 4.18 Å². The summed E-state index contributed by atoms with van der Waals surface area (Å²) in [5, 5.41) is 10.7. The molecule has 0 bridgehead atoms. The number of morpholine rings is 1. The summed E-state index contributed by atoms with van der Waals surface area (Å²) in [4.78, 5) is 11.9. The minimum atomic E-state index is -2.78.